The summed E-state index contributed by atoms with van der Waals surface area (Å²) in [6.07, 6.45) is 4.15. The average Bonchev–Trinajstić information content (AvgIpc) is 1.86. The minimum absolute atomic E-state index is 0.454. The van der Waals surface area contributed by atoms with Gasteiger partial charge in [-0.25, -0.2) is 0 Å². The van der Waals surface area contributed by atoms with Crippen LogP contribution in [0, 0.1) is 5.92 Å². The molecule has 3 atom stereocenters. The quantitative estimate of drug-likeness (QED) is 0.514. The predicted octanol–water partition coefficient (Wildman–Crippen LogP) is 0.513. The fourth-order valence-electron chi connectivity index (χ4n) is 1.84. The van der Waals surface area contributed by atoms with Crippen molar-refractivity contribution in [1.82, 2.24) is 0 Å². The molecule has 2 fully saturated rings. The molecule has 2 rings (SSSR count). The third-order valence-corrected chi connectivity index (χ3v) is 2.55. The molecule has 0 aromatic heterocycles. The first-order valence-electron chi connectivity index (χ1n) is 3.75. The van der Waals surface area contributed by atoms with Crippen molar-refractivity contribution in [2.45, 2.75) is 31.4 Å². The van der Waals surface area contributed by atoms with Crippen LogP contribution in [0.3, 0.4) is 0 Å². The summed E-state index contributed by atoms with van der Waals surface area (Å²) in [7, 11) is 0. The summed E-state index contributed by atoms with van der Waals surface area (Å²) in [6.45, 7) is 0.966. The summed E-state index contributed by atoms with van der Waals surface area (Å²) in [5.74, 6) is 0.707. The van der Waals surface area contributed by atoms with Gasteiger partial charge >= 0.3 is 0 Å². The van der Waals surface area contributed by atoms with Gasteiger partial charge in [0.25, 0.3) is 0 Å². The third kappa shape index (κ3) is 0.775. The highest BCUT2D eigenvalue weighted by Gasteiger charge is 2.40. The van der Waals surface area contributed by atoms with Gasteiger partial charge in [0, 0.05) is 18.6 Å². The number of fused-ring (bicyclic) bond motifs is 1. The fraction of sp³-hybridized carbons (Fsp3) is 1.00. The van der Waals surface area contributed by atoms with Crippen LogP contribution in [0.4, 0.5) is 0 Å². The molecule has 2 heteroatoms. The first-order valence-corrected chi connectivity index (χ1v) is 3.75. The van der Waals surface area contributed by atoms with E-state index in [0.717, 1.165) is 13.0 Å². The van der Waals surface area contributed by atoms with Crippen LogP contribution in [-0.4, -0.2) is 18.8 Å². The largest absolute Gasteiger partial charge is 0.378 e. The Balaban J connectivity index is 1.94. The molecule has 2 nitrogen and oxygen atoms in total. The van der Waals surface area contributed by atoms with Crippen molar-refractivity contribution in [2.24, 2.45) is 11.7 Å². The van der Waals surface area contributed by atoms with Crippen molar-refractivity contribution in [2.75, 3.05) is 6.61 Å². The molecule has 0 radical (unpaired) electrons. The van der Waals surface area contributed by atoms with E-state index in [-0.39, 0.29) is 0 Å². The van der Waals surface area contributed by atoms with Gasteiger partial charge in [-0.05, 0) is 19.3 Å². The Morgan fingerprint density at radius 2 is 2.33 bits per heavy atom. The SMILES string of the molecule is N[C@@H]1C[C@@H]2OCCC[C@@H]12. The summed E-state index contributed by atoms with van der Waals surface area (Å²) in [5, 5.41) is 0. The molecule has 1 heterocycles. The van der Waals surface area contributed by atoms with Gasteiger partial charge in [0.2, 0.25) is 0 Å². The van der Waals surface area contributed by atoms with Crippen LogP contribution in [0.1, 0.15) is 19.3 Å². The van der Waals surface area contributed by atoms with Crippen LogP contribution in [0.5, 0.6) is 0 Å². The van der Waals surface area contributed by atoms with Crippen molar-refractivity contribution in [3.63, 3.8) is 0 Å². The van der Waals surface area contributed by atoms with Gasteiger partial charge in [-0.15, -0.1) is 0 Å². The average molecular weight is 127 g/mol. The first kappa shape index (κ1) is 5.69. The van der Waals surface area contributed by atoms with E-state index in [1.165, 1.54) is 12.8 Å². The molecule has 0 unspecified atom stereocenters. The predicted molar refractivity (Wildman–Crippen MR) is 35.1 cm³/mol. The van der Waals surface area contributed by atoms with E-state index in [1.807, 2.05) is 0 Å². The molecule has 1 aliphatic heterocycles. The van der Waals surface area contributed by atoms with E-state index in [1.54, 1.807) is 0 Å². The fourth-order valence-corrected chi connectivity index (χ4v) is 1.84. The Hall–Kier alpha value is -0.0800. The Labute approximate surface area is 55.4 Å². The summed E-state index contributed by atoms with van der Waals surface area (Å²) < 4.78 is 5.47. The number of hydrogen-bond acceptors (Lipinski definition) is 2. The highest BCUT2D eigenvalue weighted by molar-refractivity contribution is 4.94. The van der Waals surface area contributed by atoms with Crippen LogP contribution in [-0.2, 0) is 4.74 Å². The molecule has 0 bridgehead atoms. The van der Waals surface area contributed by atoms with Crippen LogP contribution in [0.15, 0.2) is 0 Å². The zero-order chi connectivity index (χ0) is 6.27. The molecule has 0 spiro atoms. The van der Waals surface area contributed by atoms with E-state index in [0.29, 0.717) is 18.1 Å². The standard InChI is InChI=1S/C7H13NO/c8-6-4-7-5(6)2-1-3-9-7/h5-7H,1-4,8H2/t5-,6+,7-/m0/s1. The lowest BCUT2D eigenvalue weighted by Crippen LogP contribution is -2.54. The van der Waals surface area contributed by atoms with Gasteiger partial charge in [-0.2, -0.15) is 0 Å². The zero-order valence-electron chi connectivity index (χ0n) is 5.55. The van der Waals surface area contributed by atoms with E-state index in [4.69, 9.17) is 10.5 Å². The Morgan fingerprint density at radius 3 is 2.89 bits per heavy atom. The van der Waals surface area contributed by atoms with Gasteiger partial charge < -0.3 is 10.5 Å². The summed E-state index contributed by atoms with van der Waals surface area (Å²) >= 11 is 0. The Morgan fingerprint density at radius 1 is 1.44 bits per heavy atom. The van der Waals surface area contributed by atoms with Crippen LogP contribution < -0.4 is 5.73 Å². The molecule has 1 aliphatic carbocycles. The second-order valence-electron chi connectivity index (χ2n) is 3.11. The molecular weight excluding hydrogens is 114 g/mol. The number of ether oxygens (including phenoxy) is 1. The lowest BCUT2D eigenvalue weighted by Gasteiger charge is -2.45. The van der Waals surface area contributed by atoms with Crippen molar-refractivity contribution < 1.29 is 4.74 Å². The maximum atomic E-state index is 5.75. The minimum atomic E-state index is 0.454. The lowest BCUT2D eigenvalue weighted by atomic mass is 9.73. The molecule has 1 saturated heterocycles. The molecule has 0 aromatic carbocycles. The zero-order valence-corrected chi connectivity index (χ0v) is 5.55. The van der Waals surface area contributed by atoms with Crippen molar-refractivity contribution in [3.8, 4) is 0 Å². The van der Waals surface area contributed by atoms with Crippen LogP contribution >= 0.6 is 0 Å². The Kier molecular flexibility index (Phi) is 1.24. The van der Waals surface area contributed by atoms with Crippen LogP contribution in [0.2, 0.25) is 0 Å². The molecular formula is C7H13NO. The van der Waals surface area contributed by atoms with E-state index >= 15 is 0 Å². The topological polar surface area (TPSA) is 35.2 Å². The lowest BCUT2D eigenvalue weighted by molar-refractivity contribution is -0.0943. The Bertz CT molecular complexity index is 113. The maximum Gasteiger partial charge on any atom is 0.0632 e. The minimum Gasteiger partial charge on any atom is -0.378 e. The van der Waals surface area contributed by atoms with Gasteiger partial charge in [0.05, 0.1) is 6.10 Å². The van der Waals surface area contributed by atoms with Crippen molar-refractivity contribution in [1.29, 1.82) is 0 Å². The summed E-state index contributed by atoms with van der Waals surface area (Å²) in [6, 6.07) is 0.454. The number of hydrogen-bond donors (Lipinski definition) is 1. The second-order valence-corrected chi connectivity index (χ2v) is 3.11. The van der Waals surface area contributed by atoms with E-state index in [9.17, 15) is 0 Å². The van der Waals surface area contributed by atoms with Gasteiger partial charge in [-0.1, -0.05) is 0 Å². The number of rotatable bonds is 0. The van der Waals surface area contributed by atoms with Crippen molar-refractivity contribution >= 4 is 0 Å². The first-order chi connectivity index (χ1) is 4.38. The van der Waals surface area contributed by atoms with Gasteiger partial charge in [0.15, 0.2) is 0 Å². The smallest absolute Gasteiger partial charge is 0.0632 e. The van der Waals surface area contributed by atoms with Crippen molar-refractivity contribution in [3.05, 3.63) is 0 Å². The highest BCUT2D eigenvalue weighted by Crippen LogP contribution is 2.36. The van der Waals surface area contributed by atoms with Crippen LogP contribution in [0.25, 0.3) is 0 Å². The molecule has 1 saturated carbocycles. The number of nitrogens with two attached hydrogens (primary N) is 1. The van der Waals surface area contributed by atoms with E-state index < -0.39 is 0 Å². The molecule has 2 N–H and O–H groups in total. The second kappa shape index (κ2) is 1.96. The molecule has 2 aliphatic rings. The third-order valence-electron chi connectivity index (χ3n) is 2.55. The van der Waals surface area contributed by atoms with E-state index in [2.05, 4.69) is 0 Å². The molecule has 0 amide bonds. The highest BCUT2D eigenvalue weighted by atomic mass is 16.5. The monoisotopic (exact) mass is 127 g/mol. The molecule has 9 heavy (non-hydrogen) atoms. The molecule has 0 aromatic rings. The van der Waals surface area contributed by atoms with Gasteiger partial charge in [0.1, 0.15) is 0 Å². The normalized spacial score (nSPS) is 49.7. The maximum absolute atomic E-state index is 5.75. The molecule has 52 valence electrons. The summed E-state index contributed by atoms with van der Waals surface area (Å²) in [4.78, 5) is 0. The summed E-state index contributed by atoms with van der Waals surface area (Å²) in [5.41, 5.74) is 5.75. The van der Waals surface area contributed by atoms with Gasteiger partial charge in [-0.3, -0.25) is 0 Å².